The van der Waals surface area contributed by atoms with Gasteiger partial charge in [0.05, 0.1) is 13.5 Å². The summed E-state index contributed by atoms with van der Waals surface area (Å²) < 4.78 is 5.21. The Balaban J connectivity index is 2.25. The summed E-state index contributed by atoms with van der Waals surface area (Å²) >= 11 is 0. The number of hydrogen-bond acceptors (Lipinski definition) is 7. The number of rotatable bonds is 4. The lowest BCUT2D eigenvalue weighted by atomic mass is 10.2. The van der Waals surface area contributed by atoms with Gasteiger partial charge >= 0.3 is 0 Å². The van der Waals surface area contributed by atoms with Gasteiger partial charge in [-0.25, -0.2) is 9.97 Å². The third-order valence-corrected chi connectivity index (χ3v) is 2.94. The van der Waals surface area contributed by atoms with E-state index in [9.17, 15) is 9.59 Å². The van der Waals surface area contributed by atoms with Gasteiger partial charge < -0.3 is 15.4 Å². The molecule has 1 unspecified atom stereocenters. The van der Waals surface area contributed by atoms with E-state index in [1.54, 1.807) is 7.05 Å². The molecule has 0 saturated carbocycles. The van der Waals surface area contributed by atoms with Gasteiger partial charge in [-0.05, 0) is 0 Å². The Labute approximate surface area is 110 Å². The van der Waals surface area contributed by atoms with E-state index < -0.39 is 6.04 Å². The van der Waals surface area contributed by atoms with Crippen molar-refractivity contribution in [3.05, 3.63) is 6.33 Å². The van der Waals surface area contributed by atoms with Crippen molar-refractivity contribution in [1.29, 1.82) is 0 Å². The van der Waals surface area contributed by atoms with E-state index in [2.05, 4.69) is 20.6 Å². The van der Waals surface area contributed by atoms with E-state index >= 15 is 0 Å². The molecule has 2 rings (SSSR count). The summed E-state index contributed by atoms with van der Waals surface area (Å²) in [5.41, 5.74) is 0. The molecule has 2 N–H and O–H groups in total. The van der Waals surface area contributed by atoms with Crippen molar-refractivity contribution in [2.75, 3.05) is 31.8 Å². The van der Waals surface area contributed by atoms with Crippen LogP contribution in [0.1, 0.15) is 6.42 Å². The van der Waals surface area contributed by atoms with Crippen molar-refractivity contribution < 1.29 is 14.3 Å². The highest BCUT2D eigenvalue weighted by Crippen LogP contribution is 2.30. The van der Waals surface area contributed by atoms with Gasteiger partial charge in [0.25, 0.3) is 5.91 Å². The first-order valence-corrected chi connectivity index (χ1v) is 5.72. The van der Waals surface area contributed by atoms with Crippen LogP contribution in [0.25, 0.3) is 0 Å². The number of methoxy groups -OCH3 is 1. The second-order valence-electron chi connectivity index (χ2n) is 4.05. The Morgan fingerprint density at radius 3 is 2.58 bits per heavy atom. The highest BCUT2D eigenvalue weighted by Gasteiger charge is 2.36. The van der Waals surface area contributed by atoms with Crippen LogP contribution >= 0.6 is 0 Å². The molecule has 102 valence electrons. The molecule has 0 aliphatic carbocycles. The summed E-state index contributed by atoms with van der Waals surface area (Å²) in [6.45, 7) is 0. The van der Waals surface area contributed by atoms with Crippen LogP contribution in [0.4, 0.5) is 11.6 Å². The first-order chi connectivity index (χ1) is 9.08. The van der Waals surface area contributed by atoms with Gasteiger partial charge in [0, 0.05) is 14.1 Å². The maximum Gasteiger partial charge on any atom is 0.251 e. The third kappa shape index (κ3) is 2.28. The Morgan fingerprint density at radius 1 is 1.37 bits per heavy atom. The number of ether oxygens (including phenoxy) is 1. The number of hydrogen-bond donors (Lipinski definition) is 2. The molecule has 2 heterocycles. The molecule has 1 aliphatic rings. The molecule has 0 radical (unpaired) electrons. The zero-order valence-corrected chi connectivity index (χ0v) is 10.9. The minimum Gasteiger partial charge on any atom is -0.490 e. The largest absolute Gasteiger partial charge is 0.490 e. The maximum atomic E-state index is 11.8. The van der Waals surface area contributed by atoms with Gasteiger partial charge in [0.2, 0.25) is 11.7 Å². The van der Waals surface area contributed by atoms with Crippen LogP contribution in [-0.2, 0) is 9.59 Å². The molecular formula is C11H15N5O3. The van der Waals surface area contributed by atoms with Crippen molar-refractivity contribution in [2.45, 2.75) is 12.5 Å². The number of carbonyl (C=O) groups excluding carboxylic acids is 2. The van der Waals surface area contributed by atoms with Gasteiger partial charge in [-0.1, -0.05) is 0 Å². The highest BCUT2D eigenvalue weighted by atomic mass is 16.5. The molecule has 1 atom stereocenters. The number of anilines is 2. The predicted octanol–water partition coefficient (Wildman–Crippen LogP) is -0.304. The van der Waals surface area contributed by atoms with E-state index in [0.717, 1.165) is 4.90 Å². The fourth-order valence-corrected chi connectivity index (χ4v) is 1.88. The quantitative estimate of drug-likeness (QED) is 0.721. The van der Waals surface area contributed by atoms with Crippen molar-refractivity contribution >= 4 is 23.5 Å². The molecule has 1 aromatic heterocycles. The summed E-state index contributed by atoms with van der Waals surface area (Å²) in [5.74, 6) is 0.786. The Kier molecular flexibility index (Phi) is 3.50. The number of carbonyl (C=O) groups is 2. The Bertz CT molecular complexity index is 519. The van der Waals surface area contributed by atoms with Crippen LogP contribution in [0.2, 0.25) is 0 Å². The van der Waals surface area contributed by atoms with Crippen LogP contribution in [0.3, 0.4) is 0 Å². The molecule has 1 fully saturated rings. The second kappa shape index (κ2) is 5.09. The number of likely N-dealkylation sites (tertiary alicyclic amines) is 1. The van der Waals surface area contributed by atoms with Crippen LogP contribution in [-0.4, -0.2) is 53.9 Å². The summed E-state index contributed by atoms with van der Waals surface area (Å²) in [7, 11) is 4.65. The number of likely N-dealkylation sites (N-methyl/N-ethyl adjacent to an activating group) is 1. The van der Waals surface area contributed by atoms with Crippen LogP contribution in [0.5, 0.6) is 5.75 Å². The molecule has 1 aromatic rings. The average Bonchev–Trinajstić information content (AvgIpc) is 2.66. The van der Waals surface area contributed by atoms with Gasteiger partial charge in [0.15, 0.2) is 11.6 Å². The molecule has 0 spiro atoms. The monoisotopic (exact) mass is 265 g/mol. The average molecular weight is 265 g/mol. The molecule has 2 amide bonds. The van der Waals surface area contributed by atoms with Crippen LogP contribution in [0, 0.1) is 0 Å². The van der Waals surface area contributed by atoms with Gasteiger partial charge in [0.1, 0.15) is 12.4 Å². The van der Waals surface area contributed by atoms with Gasteiger partial charge in [-0.2, -0.15) is 0 Å². The lowest BCUT2D eigenvalue weighted by Crippen LogP contribution is -2.32. The first kappa shape index (κ1) is 13.1. The van der Waals surface area contributed by atoms with E-state index in [1.807, 2.05) is 0 Å². The lowest BCUT2D eigenvalue weighted by molar-refractivity contribution is -0.136. The number of aromatic nitrogens is 2. The number of amides is 2. The van der Waals surface area contributed by atoms with Gasteiger partial charge in [-0.15, -0.1) is 0 Å². The number of nitrogens with zero attached hydrogens (tertiary/aromatic N) is 3. The number of nitrogens with one attached hydrogen (secondary N) is 2. The normalized spacial score (nSPS) is 18.7. The summed E-state index contributed by atoms with van der Waals surface area (Å²) in [6, 6.07) is -0.619. The minimum atomic E-state index is -0.619. The summed E-state index contributed by atoms with van der Waals surface area (Å²) in [5, 5.41) is 5.78. The molecule has 1 saturated heterocycles. The Morgan fingerprint density at radius 2 is 2.05 bits per heavy atom. The first-order valence-electron chi connectivity index (χ1n) is 5.72. The van der Waals surface area contributed by atoms with E-state index in [1.165, 1.54) is 20.5 Å². The Hall–Kier alpha value is -2.38. The van der Waals surface area contributed by atoms with Gasteiger partial charge in [-0.3, -0.25) is 14.5 Å². The minimum absolute atomic E-state index is 0.109. The third-order valence-electron chi connectivity index (χ3n) is 2.94. The van der Waals surface area contributed by atoms with E-state index in [4.69, 9.17) is 4.74 Å². The van der Waals surface area contributed by atoms with Crippen LogP contribution in [0.15, 0.2) is 6.33 Å². The van der Waals surface area contributed by atoms with Crippen molar-refractivity contribution in [1.82, 2.24) is 14.9 Å². The fourth-order valence-electron chi connectivity index (χ4n) is 1.88. The van der Waals surface area contributed by atoms with Crippen molar-refractivity contribution in [3.8, 4) is 5.75 Å². The highest BCUT2D eigenvalue weighted by molar-refractivity contribution is 6.06. The molecule has 19 heavy (non-hydrogen) atoms. The zero-order chi connectivity index (χ0) is 14.0. The smallest absolute Gasteiger partial charge is 0.251 e. The van der Waals surface area contributed by atoms with Crippen LogP contribution < -0.4 is 15.4 Å². The van der Waals surface area contributed by atoms with Crippen molar-refractivity contribution in [2.24, 2.45) is 0 Å². The zero-order valence-electron chi connectivity index (χ0n) is 10.9. The standard InChI is InChI=1S/C11H15N5O3/c1-12-9-8(19-3)10(14-5-13-9)15-6-4-7(17)16(2)11(6)18/h5-6H,4H2,1-3H3,(H2,12,13,14,15). The molecular weight excluding hydrogens is 250 g/mol. The van der Waals surface area contributed by atoms with E-state index in [-0.39, 0.29) is 18.2 Å². The number of imide groups is 1. The molecule has 0 aromatic carbocycles. The molecule has 8 nitrogen and oxygen atoms in total. The molecule has 8 heteroatoms. The maximum absolute atomic E-state index is 11.8. The lowest BCUT2D eigenvalue weighted by Gasteiger charge is -2.15. The topological polar surface area (TPSA) is 96.5 Å². The SMILES string of the molecule is CNc1ncnc(NC2CC(=O)N(C)C2=O)c1OC. The predicted molar refractivity (Wildman–Crippen MR) is 67.9 cm³/mol. The van der Waals surface area contributed by atoms with Crippen molar-refractivity contribution in [3.63, 3.8) is 0 Å². The molecule has 1 aliphatic heterocycles. The van der Waals surface area contributed by atoms with E-state index in [0.29, 0.717) is 17.4 Å². The second-order valence-corrected chi connectivity index (χ2v) is 4.05. The summed E-state index contributed by atoms with van der Waals surface area (Å²) in [4.78, 5) is 32.4. The fraction of sp³-hybridized carbons (Fsp3) is 0.455. The molecule has 0 bridgehead atoms. The summed E-state index contributed by atoms with van der Waals surface area (Å²) in [6.07, 6.45) is 1.46.